The number of ether oxygens (including phenoxy) is 1. The van der Waals surface area contributed by atoms with Gasteiger partial charge < -0.3 is 10.1 Å². The molecule has 1 N–H and O–H groups in total. The van der Waals surface area contributed by atoms with Crippen LogP contribution in [0.5, 0.6) is 5.75 Å². The van der Waals surface area contributed by atoms with Crippen molar-refractivity contribution in [1.29, 1.82) is 0 Å². The summed E-state index contributed by atoms with van der Waals surface area (Å²) in [6.45, 7) is 2.86. The van der Waals surface area contributed by atoms with Gasteiger partial charge in [0, 0.05) is 17.7 Å². The molecule has 0 atom stereocenters. The van der Waals surface area contributed by atoms with Crippen molar-refractivity contribution in [3.8, 4) is 5.75 Å². The topological polar surface area (TPSA) is 38.3 Å². The Morgan fingerprint density at radius 3 is 2.82 bits per heavy atom. The summed E-state index contributed by atoms with van der Waals surface area (Å²) in [7, 11) is 0. The van der Waals surface area contributed by atoms with Gasteiger partial charge in [0.1, 0.15) is 5.75 Å². The van der Waals surface area contributed by atoms with E-state index in [1.807, 2.05) is 30.3 Å². The van der Waals surface area contributed by atoms with Gasteiger partial charge in [-0.1, -0.05) is 50.8 Å². The van der Waals surface area contributed by atoms with Gasteiger partial charge in [-0.15, -0.1) is 0 Å². The number of nitrogens with one attached hydrogen (secondary N) is 1. The first-order chi connectivity index (χ1) is 10.8. The first-order valence-corrected chi connectivity index (χ1v) is 8.50. The van der Waals surface area contributed by atoms with Crippen LogP contribution in [0, 0.1) is 0 Å². The van der Waals surface area contributed by atoms with Crippen LogP contribution < -0.4 is 10.1 Å². The van der Waals surface area contributed by atoms with E-state index < -0.39 is 0 Å². The lowest BCUT2D eigenvalue weighted by Gasteiger charge is -2.21. The lowest BCUT2D eigenvalue weighted by Crippen LogP contribution is -2.34. The largest absolute Gasteiger partial charge is 0.493 e. The Morgan fingerprint density at radius 1 is 1.27 bits per heavy atom. The maximum atomic E-state index is 12.0. The molecule has 1 amide bonds. The third-order valence-electron chi connectivity index (χ3n) is 4.04. The van der Waals surface area contributed by atoms with Crippen LogP contribution in [0.15, 0.2) is 30.3 Å². The Kier molecular flexibility index (Phi) is 7.01. The molecule has 0 aromatic heterocycles. The Labute approximate surface area is 133 Å². The number of unbranched alkanes of at least 4 members (excludes halogenated alkanes) is 1. The SMILES string of the molecule is CCCCOc1ccccc1/C=C/C(=O)NC1CCCCC1. The zero-order valence-electron chi connectivity index (χ0n) is 13.5. The van der Waals surface area contributed by atoms with Gasteiger partial charge in [-0.3, -0.25) is 4.79 Å². The van der Waals surface area contributed by atoms with Crippen LogP contribution in [0.2, 0.25) is 0 Å². The number of para-hydroxylation sites is 1. The molecule has 2 rings (SSSR count). The van der Waals surface area contributed by atoms with Crippen molar-refractivity contribution < 1.29 is 9.53 Å². The molecule has 0 radical (unpaired) electrons. The highest BCUT2D eigenvalue weighted by Gasteiger charge is 2.14. The fourth-order valence-corrected chi connectivity index (χ4v) is 2.74. The van der Waals surface area contributed by atoms with Crippen molar-refractivity contribution >= 4 is 12.0 Å². The Balaban J connectivity index is 1.89. The summed E-state index contributed by atoms with van der Waals surface area (Å²) in [4.78, 5) is 12.0. The monoisotopic (exact) mass is 301 g/mol. The van der Waals surface area contributed by atoms with Crippen LogP contribution in [-0.2, 0) is 4.79 Å². The smallest absolute Gasteiger partial charge is 0.244 e. The number of rotatable bonds is 7. The molecule has 1 aliphatic rings. The van der Waals surface area contributed by atoms with Crippen LogP contribution >= 0.6 is 0 Å². The normalized spacial score (nSPS) is 15.9. The summed E-state index contributed by atoms with van der Waals surface area (Å²) >= 11 is 0. The van der Waals surface area contributed by atoms with Gasteiger partial charge in [0.05, 0.1) is 6.61 Å². The van der Waals surface area contributed by atoms with E-state index in [1.54, 1.807) is 6.08 Å². The molecular weight excluding hydrogens is 274 g/mol. The summed E-state index contributed by atoms with van der Waals surface area (Å²) in [6, 6.07) is 8.20. The molecule has 1 aromatic rings. The molecule has 1 aromatic carbocycles. The van der Waals surface area contributed by atoms with E-state index in [0.717, 1.165) is 43.6 Å². The number of hydrogen-bond acceptors (Lipinski definition) is 2. The van der Waals surface area contributed by atoms with E-state index in [2.05, 4.69) is 12.2 Å². The molecule has 22 heavy (non-hydrogen) atoms. The third kappa shape index (κ3) is 5.55. The first kappa shape index (κ1) is 16.6. The van der Waals surface area contributed by atoms with Gasteiger partial charge in [0.2, 0.25) is 5.91 Å². The van der Waals surface area contributed by atoms with Crippen molar-refractivity contribution in [3.63, 3.8) is 0 Å². The molecule has 0 spiro atoms. The molecule has 0 unspecified atom stereocenters. The van der Waals surface area contributed by atoms with Gasteiger partial charge in [-0.25, -0.2) is 0 Å². The summed E-state index contributed by atoms with van der Waals surface area (Å²) in [5.41, 5.74) is 0.956. The quantitative estimate of drug-likeness (QED) is 0.601. The number of amides is 1. The van der Waals surface area contributed by atoms with Crippen molar-refractivity contribution in [2.75, 3.05) is 6.61 Å². The van der Waals surface area contributed by atoms with E-state index in [9.17, 15) is 4.79 Å². The molecule has 1 aliphatic carbocycles. The van der Waals surface area contributed by atoms with Crippen LogP contribution in [0.1, 0.15) is 57.4 Å². The van der Waals surface area contributed by atoms with Crippen molar-refractivity contribution in [2.45, 2.75) is 57.9 Å². The van der Waals surface area contributed by atoms with E-state index in [4.69, 9.17) is 4.74 Å². The van der Waals surface area contributed by atoms with Gasteiger partial charge in [0.25, 0.3) is 0 Å². The molecule has 0 bridgehead atoms. The summed E-state index contributed by atoms with van der Waals surface area (Å²) < 4.78 is 5.78. The predicted molar refractivity (Wildman–Crippen MR) is 90.9 cm³/mol. The minimum Gasteiger partial charge on any atom is -0.493 e. The molecule has 3 nitrogen and oxygen atoms in total. The van der Waals surface area contributed by atoms with Crippen LogP contribution in [0.3, 0.4) is 0 Å². The van der Waals surface area contributed by atoms with Crippen LogP contribution in [0.25, 0.3) is 6.08 Å². The number of hydrogen-bond donors (Lipinski definition) is 1. The maximum Gasteiger partial charge on any atom is 0.244 e. The van der Waals surface area contributed by atoms with Crippen molar-refractivity contribution in [3.05, 3.63) is 35.9 Å². The minimum atomic E-state index is -0.00439. The molecule has 0 heterocycles. The highest BCUT2D eigenvalue weighted by molar-refractivity contribution is 5.92. The van der Waals surface area contributed by atoms with Crippen molar-refractivity contribution in [2.24, 2.45) is 0 Å². The third-order valence-corrected chi connectivity index (χ3v) is 4.04. The fourth-order valence-electron chi connectivity index (χ4n) is 2.74. The average Bonchev–Trinajstić information content (AvgIpc) is 2.55. The fraction of sp³-hybridized carbons (Fsp3) is 0.526. The molecule has 120 valence electrons. The van der Waals surface area contributed by atoms with E-state index in [0.29, 0.717) is 6.04 Å². The summed E-state index contributed by atoms with van der Waals surface area (Å²) in [6.07, 6.45) is 11.6. The second-order valence-corrected chi connectivity index (χ2v) is 5.92. The molecular formula is C19H27NO2. The zero-order chi connectivity index (χ0) is 15.6. The number of benzene rings is 1. The molecule has 0 aliphatic heterocycles. The predicted octanol–water partition coefficient (Wildman–Crippen LogP) is 4.33. The van der Waals surface area contributed by atoms with E-state index >= 15 is 0 Å². The summed E-state index contributed by atoms with van der Waals surface area (Å²) in [5.74, 6) is 0.841. The van der Waals surface area contributed by atoms with Gasteiger partial charge in [0.15, 0.2) is 0 Å². The Bertz CT molecular complexity index is 490. The number of carbonyl (C=O) groups is 1. The minimum absolute atomic E-state index is 0.00439. The first-order valence-electron chi connectivity index (χ1n) is 8.50. The van der Waals surface area contributed by atoms with Gasteiger partial charge >= 0.3 is 0 Å². The summed E-state index contributed by atoms with van der Waals surface area (Å²) in [5, 5.41) is 3.09. The van der Waals surface area contributed by atoms with Crippen molar-refractivity contribution in [1.82, 2.24) is 5.32 Å². The molecule has 1 fully saturated rings. The maximum absolute atomic E-state index is 12.0. The van der Waals surface area contributed by atoms with Gasteiger partial charge in [-0.2, -0.15) is 0 Å². The zero-order valence-corrected chi connectivity index (χ0v) is 13.5. The van der Waals surface area contributed by atoms with E-state index in [-0.39, 0.29) is 5.91 Å². The van der Waals surface area contributed by atoms with Gasteiger partial charge in [-0.05, 0) is 31.4 Å². The van der Waals surface area contributed by atoms with Crippen LogP contribution in [0.4, 0.5) is 0 Å². The highest BCUT2D eigenvalue weighted by atomic mass is 16.5. The molecule has 0 saturated heterocycles. The second kappa shape index (κ2) is 9.29. The average molecular weight is 301 g/mol. The van der Waals surface area contributed by atoms with E-state index in [1.165, 1.54) is 19.3 Å². The lowest BCUT2D eigenvalue weighted by molar-refractivity contribution is -0.117. The molecule has 1 saturated carbocycles. The number of carbonyl (C=O) groups excluding carboxylic acids is 1. The standard InChI is InChI=1S/C19H27NO2/c1-2-3-15-22-18-12-8-7-9-16(18)13-14-19(21)20-17-10-5-4-6-11-17/h7-9,12-14,17H,2-6,10-11,15H2,1H3,(H,20,21)/b14-13+. The Morgan fingerprint density at radius 2 is 2.05 bits per heavy atom. The lowest BCUT2D eigenvalue weighted by atomic mass is 9.95. The highest BCUT2D eigenvalue weighted by Crippen LogP contribution is 2.20. The molecule has 3 heteroatoms. The second-order valence-electron chi connectivity index (χ2n) is 5.92. The van der Waals surface area contributed by atoms with Crippen LogP contribution in [-0.4, -0.2) is 18.6 Å². The Hall–Kier alpha value is -1.77.